The first-order valence-electron chi connectivity index (χ1n) is 23.0. The fraction of sp³-hybridized carbons (Fsp3) is 0.241. The lowest BCUT2D eigenvalue weighted by Gasteiger charge is -2.61. The molecule has 7 atom stereocenters. The average molecular weight is 806 g/mol. The quantitative estimate of drug-likeness (QED) is 0.152. The van der Waals surface area contributed by atoms with Gasteiger partial charge in [0, 0.05) is 63.0 Å². The van der Waals surface area contributed by atoms with Gasteiger partial charge in [-0.2, -0.15) is 0 Å². The second kappa shape index (κ2) is 15.6. The van der Waals surface area contributed by atoms with Crippen LogP contribution < -0.4 is 25.6 Å². The van der Waals surface area contributed by atoms with Crippen molar-refractivity contribution in [2.45, 2.75) is 70.3 Å². The summed E-state index contributed by atoms with van der Waals surface area (Å²) >= 11 is 0. The van der Waals surface area contributed by atoms with E-state index in [0.717, 1.165) is 19.3 Å². The van der Waals surface area contributed by atoms with Gasteiger partial charge in [0.1, 0.15) is 0 Å². The molecule has 0 fully saturated rings. The number of anilines is 5. The largest absolute Gasteiger partial charge is 0.362 e. The first-order valence-corrected chi connectivity index (χ1v) is 23.0. The van der Waals surface area contributed by atoms with Crippen LogP contribution in [0.4, 0.5) is 28.4 Å². The summed E-state index contributed by atoms with van der Waals surface area (Å²) in [4.78, 5) is 7.99. The molecular weight excluding hydrogens is 749 g/mol. The molecule has 0 radical (unpaired) electrons. The molecule has 0 N–H and O–H groups in total. The number of nitrogens with zero attached hydrogens (tertiary/aromatic N) is 3. The molecule has 0 aromatic heterocycles. The van der Waals surface area contributed by atoms with Gasteiger partial charge in [0.15, 0.2) is 0 Å². The summed E-state index contributed by atoms with van der Waals surface area (Å²) < 4.78 is 0. The van der Waals surface area contributed by atoms with Crippen molar-refractivity contribution in [1.29, 1.82) is 0 Å². The predicted molar refractivity (Wildman–Crippen MR) is 265 cm³/mol. The van der Waals surface area contributed by atoms with E-state index < -0.39 is 0 Å². The van der Waals surface area contributed by atoms with Crippen LogP contribution in [-0.2, 0) is 0 Å². The van der Waals surface area contributed by atoms with Gasteiger partial charge >= 0.3 is 0 Å². The lowest BCUT2D eigenvalue weighted by molar-refractivity contribution is 0.371. The molecule has 11 rings (SSSR count). The maximum Gasteiger partial charge on any atom is 0.229 e. The molecule has 7 unspecified atom stereocenters. The number of fused-ring (bicyclic) bond motifs is 4. The number of benzene rings is 5. The summed E-state index contributed by atoms with van der Waals surface area (Å²) in [6, 6.07) is 48.6. The van der Waals surface area contributed by atoms with E-state index in [1.54, 1.807) is 0 Å². The standard InChI is InChI=1S/C58H56BN3/c1-40-19-17-28-48(35-40)60(46-24-13-7-14-25-46)49-32-34-52-55(39-49)61(47-26-15-8-16-27-47)56-29-18-30-57-58(56,4)59(52)51-33-31-45(43-20-9-5-10-21-43)38-54(51)62(57)53-37-41(2)36-50(42(53)3)44-22-11-6-12-23-44/h5-18,20,22-36,38-43,53,57H,19,21,37H2,1-4H3. The minimum Gasteiger partial charge on any atom is -0.362 e. The van der Waals surface area contributed by atoms with Crippen molar-refractivity contribution in [2.75, 3.05) is 14.7 Å². The molecule has 5 aromatic carbocycles. The van der Waals surface area contributed by atoms with E-state index in [1.807, 2.05) is 0 Å². The summed E-state index contributed by atoms with van der Waals surface area (Å²) in [5.74, 6) is 1.62. The van der Waals surface area contributed by atoms with Crippen LogP contribution in [0.3, 0.4) is 0 Å². The molecule has 5 aromatic rings. The van der Waals surface area contributed by atoms with Gasteiger partial charge < -0.3 is 14.7 Å². The second-order valence-electron chi connectivity index (χ2n) is 18.8. The molecule has 0 saturated heterocycles. The third-order valence-corrected chi connectivity index (χ3v) is 14.9. The van der Waals surface area contributed by atoms with E-state index in [4.69, 9.17) is 0 Å². The van der Waals surface area contributed by atoms with Crippen LogP contribution in [0.1, 0.15) is 64.0 Å². The summed E-state index contributed by atoms with van der Waals surface area (Å²) in [5, 5.41) is -0.276. The van der Waals surface area contributed by atoms with Gasteiger partial charge in [-0.1, -0.05) is 173 Å². The molecule has 6 aliphatic rings. The molecule has 3 nitrogen and oxygen atoms in total. The SMILES string of the molecule is CC1C=C(N(c2ccccc2)c2ccc3c(c2)N(c2ccccc2)C2=CC=CC4N(C5CC(C)C=C(c6ccccc6)C5C)c5cc(C6C=CC=CC6)ccc5B3C24C)C=CC1. The third kappa shape index (κ3) is 6.33. The van der Waals surface area contributed by atoms with Gasteiger partial charge in [0.05, 0.1) is 6.04 Å². The molecule has 4 aliphatic carbocycles. The highest BCUT2D eigenvalue weighted by Crippen LogP contribution is 2.59. The van der Waals surface area contributed by atoms with Crippen LogP contribution in [0.25, 0.3) is 5.57 Å². The Morgan fingerprint density at radius 2 is 1.40 bits per heavy atom. The number of hydrogen-bond acceptors (Lipinski definition) is 3. The van der Waals surface area contributed by atoms with Gasteiger partial charge in [-0.25, -0.2) is 0 Å². The first-order chi connectivity index (χ1) is 30.4. The van der Waals surface area contributed by atoms with E-state index in [0.29, 0.717) is 29.7 Å². The predicted octanol–water partition coefficient (Wildman–Crippen LogP) is 13.2. The summed E-state index contributed by atoms with van der Waals surface area (Å²) in [6.45, 7) is 9.97. The zero-order valence-electron chi connectivity index (χ0n) is 36.5. The van der Waals surface area contributed by atoms with E-state index in [2.05, 4.69) is 237 Å². The minimum absolute atomic E-state index is 0.130. The zero-order valence-corrected chi connectivity index (χ0v) is 36.5. The van der Waals surface area contributed by atoms with Crippen molar-refractivity contribution >= 4 is 51.6 Å². The molecule has 306 valence electrons. The fourth-order valence-corrected chi connectivity index (χ4v) is 12.0. The Hall–Kier alpha value is -6.26. The molecule has 4 heteroatoms. The van der Waals surface area contributed by atoms with Crippen molar-refractivity contribution < 1.29 is 0 Å². The molecular formula is C58H56BN3. The van der Waals surface area contributed by atoms with Crippen LogP contribution >= 0.6 is 0 Å². The Labute approximate surface area is 369 Å². The van der Waals surface area contributed by atoms with E-state index >= 15 is 0 Å². The number of allylic oxidation sites excluding steroid dienone is 10. The summed E-state index contributed by atoms with van der Waals surface area (Å²) in [5.41, 5.74) is 15.8. The molecule has 0 saturated carbocycles. The van der Waals surface area contributed by atoms with Crippen molar-refractivity contribution in [3.05, 3.63) is 217 Å². The van der Waals surface area contributed by atoms with E-state index in [1.165, 1.54) is 67.5 Å². The highest BCUT2D eigenvalue weighted by molar-refractivity contribution is 6.91. The lowest BCUT2D eigenvalue weighted by Crippen LogP contribution is -2.70. The van der Waals surface area contributed by atoms with Crippen molar-refractivity contribution in [3.63, 3.8) is 0 Å². The molecule has 0 spiro atoms. The van der Waals surface area contributed by atoms with Gasteiger partial charge in [0.25, 0.3) is 0 Å². The summed E-state index contributed by atoms with van der Waals surface area (Å²) in [6.07, 6.45) is 29.4. The number of hydrogen-bond donors (Lipinski definition) is 0. The van der Waals surface area contributed by atoms with Crippen LogP contribution in [-0.4, -0.2) is 18.8 Å². The van der Waals surface area contributed by atoms with Gasteiger partial charge in [-0.3, -0.25) is 0 Å². The van der Waals surface area contributed by atoms with Gasteiger partial charge in [-0.05, 0) is 108 Å². The maximum atomic E-state index is 2.92. The van der Waals surface area contributed by atoms with E-state index in [9.17, 15) is 0 Å². The van der Waals surface area contributed by atoms with Crippen molar-refractivity contribution in [3.8, 4) is 0 Å². The summed E-state index contributed by atoms with van der Waals surface area (Å²) in [7, 11) is 0. The maximum absolute atomic E-state index is 2.92. The topological polar surface area (TPSA) is 9.72 Å². The number of para-hydroxylation sites is 2. The molecule has 2 aliphatic heterocycles. The first kappa shape index (κ1) is 38.7. The monoisotopic (exact) mass is 805 g/mol. The Morgan fingerprint density at radius 1 is 0.661 bits per heavy atom. The highest BCUT2D eigenvalue weighted by Gasteiger charge is 2.60. The van der Waals surface area contributed by atoms with Gasteiger partial charge in [0.2, 0.25) is 6.71 Å². The fourth-order valence-electron chi connectivity index (χ4n) is 12.0. The molecule has 2 heterocycles. The number of rotatable bonds is 7. The molecule has 62 heavy (non-hydrogen) atoms. The Bertz CT molecular complexity index is 2720. The van der Waals surface area contributed by atoms with Crippen molar-refractivity contribution in [1.82, 2.24) is 0 Å². The van der Waals surface area contributed by atoms with Crippen LogP contribution in [0.5, 0.6) is 0 Å². The molecule has 0 amide bonds. The normalized spacial score (nSPS) is 26.8. The lowest BCUT2D eigenvalue weighted by atomic mass is 9.22. The van der Waals surface area contributed by atoms with E-state index in [-0.39, 0.29) is 18.1 Å². The Kier molecular flexibility index (Phi) is 9.71. The van der Waals surface area contributed by atoms with Crippen LogP contribution in [0.15, 0.2) is 206 Å². The van der Waals surface area contributed by atoms with Crippen LogP contribution in [0.2, 0.25) is 5.31 Å². The second-order valence-corrected chi connectivity index (χ2v) is 18.8. The minimum atomic E-state index is -0.276. The Morgan fingerprint density at radius 3 is 2.16 bits per heavy atom. The molecule has 0 bridgehead atoms. The van der Waals surface area contributed by atoms with Gasteiger partial charge in [-0.15, -0.1) is 0 Å². The average Bonchev–Trinajstić information content (AvgIpc) is 3.31. The smallest absolute Gasteiger partial charge is 0.229 e. The zero-order chi connectivity index (χ0) is 42.0. The third-order valence-electron chi connectivity index (χ3n) is 14.9. The van der Waals surface area contributed by atoms with Crippen LogP contribution in [0, 0.1) is 17.8 Å². The Balaban J connectivity index is 1.14. The van der Waals surface area contributed by atoms with Crippen molar-refractivity contribution in [2.24, 2.45) is 17.8 Å². The highest BCUT2D eigenvalue weighted by atomic mass is 15.3.